The number of benzene rings is 1. The SMILES string of the molecule is CCCC(CCCNC(=O)O)Oc1cc(Cl)c(F)cc1C#N. The van der Waals surface area contributed by atoms with Crippen molar-refractivity contribution in [1.82, 2.24) is 5.32 Å². The Hall–Kier alpha value is -2.00. The monoisotopic (exact) mass is 328 g/mol. The van der Waals surface area contributed by atoms with Gasteiger partial charge in [-0.3, -0.25) is 0 Å². The largest absolute Gasteiger partial charge is 0.489 e. The third kappa shape index (κ3) is 5.78. The van der Waals surface area contributed by atoms with Gasteiger partial charge < -0.3 is 15.2 Å². The second kappa shape index (κ2) is 9.11. The molecule has 1 amide bonds. The fraction of sp³-hybridized carbons (Fsp3) is 0.467. The van der Waals surface area contributed by atoms with Crippen molar-refractivity contribution in [1.29, 1.82) is 5.26 Å². The smallest absolute Gasteiger partial charge is 0.404 e. The number of carbonyl (C=O) groups is 1. The van der Waals surface area contributed by atoms with E-state index in [2.05, 4.69) is 5.32 Å². The molecule has 0 aliphatic rings. The van der Waals surface area contributed by atoms with E-state index in [1.807, 2.05) is 13.0 Å². The van der Waals surface area contributed by atoms with Gasteiger partial charge in [-0.25, -0.2) is 9.18 Å². The number of ether oxygens (including phenoxy) is 1. The second-order valence-corrected chi connectivity index (χ2v) is 5.18. The van der Waals surface area contributed by atoms with Gasteiger partial charge >= 0.3 is 6.09 Å². The summed E-state index contributed by atoms with van der Waals surface area (Å²) in [6, 6.07) is 4.23. The zero-order chi connectivity index (χ0) is 16.5. The van der Waals surface area contributed by atoms with Crippen LogP contribution in [-0.2, 0) is 0 Å². The minimum absolute atomic E-state index is 0.0895. The van der Waals surface area contributed by atoms with Crippen molar-refractivity contribution < 1.29 is 19.0 Å². The van der Waals surface area contributed by atoms with E-state index in [0.717, 1.165) is 18.9 Å². The summed E-state index contributed by atoms with van der Waals surface area (Å²) in [5, 5.41) is 19.7. The maximum absolute atomic E-state index is 13.4. The molecule has 0 fully saturated rings. The van der Waals surface area contributed by atoms with E-state index in [1.165, 1.54) is 6.07 Å². The van der Waals surface area contributed by atoms with E-state index in [1.54, 1.807) is 0 Å². The zero-order valence-corrected chi connectivity index (χ0v) is 13.0. The maximum atomic E-state index is 13.4. The fourth-order valence-electron chi connectivity index (χ4n) is 2.00. The number of nitrogens with zero attached hydrogens (tertiary/aromatic N) is 1. The van der Waals surface area contributed by atoms with Crippen LogP contribution in [0.4, 0.5) is 9.18 Å². The summed E-state index contributed by atoms with van der Waals surface area (Å²) in [7, 11) is 0. The zero-order valence-electron chi connectivity index (χ0n) is 12.2. The molecule has 22 heavy (non-hydrogen) atoms. The molecule has 0 radical (unpaired) electrons. The van der Waals surface area contributed by atoms with Gasteiger partial charge in [-0.15, -0.1) is 0 Å². The van der Waals surface area contributed by atoms with Gasteiger partial charge in [0.1, 0.15) is 17.6 Å². The molecule has 5 nitrogen and oxygen atoms in total. The number of carboxylic acid groups (broad SMARTS) is 1. The van der Waals surface area contributed by atoms with Gasteiger partial charge in [0.25, 0.3) is 0 Å². The molecule has 1 aromatic carbocycles. The molecule has 0 aliphatic carbocycles. The van der Waals surface area contributed by atoms with Gasteiger partial charge in [-0.1, -0.05) is 24.9 Å². The van der Waals surface area contributed by atoms with E-state index in [0.29, 0.717) is 19.4 Å². The Balaban J connectivity index is 2.72. The lowest BCUT2D eigenvalue weighted by molar-refractivity contribution is 0.173. The third-order valence-corrected chi connectivity index (χ3v) is 3.32. The first-order valence-corrected chi connectivity index (χ1v) is 7.38. The molecule has 120 valence electrons. The van der Waals surface area contributed by atoms with Crippen molar-refractivity contribution in [3.63, 3.8) is 0 Å². The summed E-state index contributed by atoms with van der Waals surface area (Å²) in [6.45, 7) is 2.32. The molecule has 0 aliphatic heterocycles. The molecule has 0 aromatic heterocycles. The molecule has 0 bridgehead atoms. The molecule has 0 saturated heterocycles. The molecular weight excluding hydrogens is 311 g/mol. The number of hydrogen-bond donors (Lipinski definition) is 2. The lowest BCUT2D eigenvalue weighted by Crippen LogP contribution is -2.24. The minimum Gasteiger partial charge on any atom is -0.489 e. The fourth-order valence-corrected chi connectivity index (χ4v) is 2.16. The molecule has 7 heteroatoms. The Bertz CT molecular complexity index is 560. The van der Waals surface area contributed by atoms with Gasteiger partial charge in [0.15, 0.2) is 0 Å². The van der Waals surface area contributed by atoms with Crippen LogP contribution in [0, 0.1) is 17.1 Å². The number of nitrogens with one attached hydrogen (secondary N) is 1. The van der Waals surface area contributed by atoms with Crippen LogP contribution in [0.3, 0.4) is 0 Å². The first kappa shape index (κ1) is 18.1. The van der Waals surface area contributed by atoms with Gasteiger partial charge in [0, 0.05) is 12.6 Å². The molecule has 1 atom stereocenters. The average Bonchev–Trinajstić information content (AvgIpc) is 2.47. The van der Waals surface area contributed by atoms with Gasteiger partial charge in [-0.2, -0.15) is 5.26 Å². The van der Waals surface area contributed by atoms with Crippen molar-refractivity contribution in [3.05, 3.63) is 28.5 Å². The second-order valence-electron chi connectivity index (χ2n) is 4.78. The number of amides is 1. The lowest BCUT2D eigenvalue weighted by Gasteiger charge is -2.19. The maximum Gasteiger partial charge on any atom is 0.404 e. The quantitative estimate of drug-likeness (QED) is 0.708. The predicted molar refractivity (Wildman–Crippen MR) is 80.7 cm³/mol. The number of nitriles is 1. The van der Waals surface area contributed by atoms with E-state index in [-0.39, 0.29) is 22.4 Å². The highest BCUT2D eigenvalue weighted by molar-refractivity contribution is 6.30. The van der Waals surface area contributed by atoms with Crippen molar-refractivity contribution in [2.45, 2.75) is 38.7 Å². The Kier molecular flexibility index (Phi) is 7.47. The first-order valence-electron chi connectivity index (χ1n) is 7.00. The lowest BCUT2D eigenvalue weighted by atomic mass is 10.1. The van der Waals surface area contributed by atoms with Crippen LogP contribution in [-0.4, -0.2) is 23.8 Å². The van der Waals surface area contributed by atoms with Crippen molar-refractivity contribution >= 4 is 17.7 Å². The highest BCUT2D eigenvalue weighted by atomic mass is 35.5. The number of halogens is 2. The predicted octanol–water partition coefficient (Wildman–Crippen LogP) is 3.95. The summed E-state index contributed by atoms with van der Waals surface area (Å²) < 4.78 is 19.1. The van der Waals surface area contributed by atoms with Crippen molar-refractivity contribution in [2.75, 3.05) is 6.54 Å². The third-order valence-electron chi connectivity index (χ3n) is 3.03. The van der Waals surface area contributed by atoms with Crippen LogP contribution >= 0.6 is 11.6 Å². The Morgan fingerprint density at radius 1 is 1.55 bits per heavy atom. The topological polar surface area (TPSA) is 82.3 Å². The molecular formula is C15H18ClFN2O3. The molecule has 0 saturated carbocycles. The standard InChI is InChI=1S/C15H18ClFN2O3/c1-2-4-11(5-3-6-19-15(20)21)22-14-8-12(16)13(17)7-10(14)9-18/h7-8,11,19H,2-6H2,1H3,(H,20,21). The Labute approximate surface area is 133 Å². The van der Waals surface area contributed by atoms with E-state index < -0.39 is 11.9 Å². The molecule has 1 unspecified atom stereocenters. The normalized spacial score (nSPS) is 11.5. The Morgan fingerprint density at radius 3 is 2.86 bits per heavy atom. The van der Waals surface area contributed by atoms with Gasteiger partial charge in [0.05, 0.1) is 16.7 Å². The minimum atomic E-state index is -1.06. The number of hydrogen-bond acceptors (Lipinski definition) is 3. The average molecular weight is 329 g/mol. The molecule has 1 aromatic rings. The summed E-state index contributed by atoms with van der Waals surface area (Å²) >= 11 is 5.73. The molecule has 2 N–H and O–H groups in total. The first-order chi connectivity index (χ1) is 10.5. The summed E-state index contributed by atoms with van der Waals surface area (Å²) in [5.41, 5.74) is 0.0895. The highest BCUT2D eigenvalue weighted by Gasteiger charge is 2.15. The summed E-state index contributed by atoms with van der Waals surface area (Å²) in [6.07, 6.45) is 1.59. The molecule has 0 spiro atoms. The molecule has 1 rings (SSSR count). The van der Waals surface area contributed by atoms with E-state index >= 15 is 0 Å². The van der Waals surface area contributed by atoms with Crippen LogP contribution < -0.4 is 10.1 Å². The number of rotatable bonds is 8. The highest BCUT2D eigenvalue weighted by Crippen LogP contribution is 2.28. The van der Waals surface area contributed by atoms with Crippen LogP contribution in [0.1, 0.15) is 38.2 Å². The summed E-state index contributed by atoms with van der Waals surface area (Å²) in [5.74, 6) is -0.415. The van der Waals surface area contributed by atoms with Crippen LogP contribution in [0.15, 0.2) is 12.1 Å². The van der Waals surface area contributed by atoms with Crippen LogP contribution in [0.5, 0.6) is 5.75 Å². The van der Waals surface area contributed by atoms with Crippen LogP contribution in [0.2, 0.25) is 5.02 Å². The van der Waals surface area contributed by atoms with Crippen molar-refractivity contribution in [3.8, 4) is 11.8 Å². The van der Waals surface area contributed by atoms with Gasteiger partial charge in [0.2, 0.25) is 0 Å². The van der Waals surface area contributed by atoms with E-state index in [4.69, 9.17) is 26.7 Å². The molecule has 0 heterocycles. The summed E-state index contributed by atoms with van der Waals surface area (Å²) in [4.78, 5) is 10.4. The van der Waals surface area contributed by atoms with E-state index in [9.17, 15) is 9.18 Å². The van der Waals surface area contributed by atoms with Crippen molar-refractivity contribution in [2.24, 2.45) is 0 Å². The van der Waals surface area contributed by atoms with Crippen LogP contribution in [0.25, 0.3) is 0 Å². The van der Waals surface area contributed by atoms with Gasteiger partial charge in [-0.05, 0) is 25.3 Å². The Morgan fingerprint density at radius 2 is 2.27 bits per heavy atom.